The highest BCUT2D eigenvalue weighted by molar-refractivity contribution is 7.89. The number of sulfonamides is 1. The first-order chi connectivity index (χ1) is 7.97. The van der Waals surface area contributed by atoms with Gasteiger partial charge in [-0.3, -0.25) is 0 Å². The summed E-state index contributed by atoms with van der Waals surface area (Å²) in [4.78, 5) is 0. The van der Waals surface area contributed by atoms with Crippen LogP contribution >= 0.6 is 0 Å². The van der Waals surface area contributed by atoms with Gasteiger partial charge in [0, 0.05) is 25.2 Å². The Morgan fingerprint density at radius 1 is 1.47 bits per heavy atom. The lowest BCUT2D eigenvalue weighted by Crippen LogP contribution is -2.43. The van der Waals surface area contributed by atoms with Crippen LogP contribution in [0.3, 0.4) is 0 Å². The van der Waals surface area contributed by atoms with Crippen molar-refractivity contribution < 1.29 is 13.5 Å². The molecule has 0 bridgehead atoms. The molecule has 2 N–H and O–H groups in total. The van der Waals surface area contributed by atoms with Crippen molar-refractivity contribution in [3.63, 3.8) is 0 Å². The first-order valence-corrected chi connectivity index (χ1v) is 7.92. The van der Waals surface area contributed by atoms with Crippen LogP contribution in [0.1, 0.15) is 33.1 Å². The zero-order valence-electron chi connectivity index (χ0n) is 10.7. The molecular weight excluding hydrogens is 240 g/mol. The normalized spacial score (nSPS) is 21.6. The van der Waals surface area contributed by atoms with Crippen LogP contribution in [0.15, 0.2) is 0 Å². The minimum absolute atomic E-state index is 0.0282. The Hall–Kier alpha value is -0.170. The topological polar surface area (TPSA) is 69.6 Å². The first-order valence-electron chi connectivity index (χ1n) is 6.31. The van der Waals surface area contributed by atoms with Crippen molar-refractivity contribution in [2.75, 3.05) is 25.4 Å². The van der Waals surface area contributed by atoms with Crippen molar-refractivity contribution in [1.29, 1.82) is 0 Å². The fourth-order valence-electron chi connectivity index (χ4n) is 2.19. The number of hydrogen-bond donors (Lipinski definition) is 2. The molecule has 0 aromatic carbocycles. The molecule has 1 saturated heterocycles. The van der Waals surface area contributed by atoms with E-state index in [4.69, 9.17) is 5.11 Å². The largest absolute Gasteiger partial charge is 0.396 e. The van der Waals surface area contributed by atoms with E-state index in [0.29, 0.717) is 13.0 Å². The molecule has 1 rings (SSSR count). The Bertz CT molecular complexity index is 311. The van der Waals surface area contributed by atoms with E-state index in [9.17, 15) is 8.42 Å². The van der Waals surface area contributed by atoms with E-state index in [1.165, 1.54) is 4.31 Å². The van der Waals surface area contributed by atoms with Gasteiger partial charge < -0.3 is 10.4 Å². The predicted molar refractivity (Wildman–Crippen MR) is 68.4 cm³/mol. The van der Waals surface area contributed by atoms with E-state index < -0.39 is 10.0 Å². The van der Waals surface area contributed by atoms with Crippen LogP contribution < -0.4 is 5.32 Å². The van der Waals surface area contributed by atoms with E-state index in [1.807, 2.05) is 13.8 Å². The van der Waals surface area contributed by atoms with Gasteiger partial charge in [-0.1, -0.05) is 0 Å². The lowest BCUT2D eigenvalue weighted by Gasteiger charge is -2.27. The molecule has 1 atom stereocenters. The SMILES string of the molecule is CC(C)N(CCCO)S(=O)(=O)CC1CCCN1. The third-order valence-electron chi connectivity index (χ3n) is 3.04. The maximum Gasteiger partial charge on any atom is 0.215 e. The van der Waals surface area contributed by atoms with E-state index in [2.05, 4.69) is 5.32 Å². The summed E-state index contributed by atoms with van der Waals surface area (Å²) in [6.45, 7) is 5.09. The second-order valence-electron chi connectivity index (χ2n) is 4.85. The number of aliphatic hydroxyl groups excluding tert-OH is 1. The van der Waals surface area contributed by atoms with Gasteiger partial charge in [0.15, 0.2) is 0 Å². The van der Waals surface area contributed by atoms with Crippen molar-refractivity contribution in [1.82, 2.24) is 9.62 Å². The average Bonchev–Trinajstić information content (AvgIpc) is 2.69. The van der Waals surface area contributed by atoms with Gasteiger partial charge in [0.05, 0.1) is 5.75 Å². The predicted octanol–water partition coefficient (Wildman–Crippen LogP) is 0.161. The summed E-state index contributed by atoms with van der Waals surface area (Å²) in [5.74, 6) is 0.177. The Kier molecular flexibility index (Phi) is 5.85. The summed E-state index contributed by atoms with van der Waals surface area (Å²) >= 11 is 0. The maximum atomic E-state index is 12.2. The summed E-state index contributed by atoms with van der Waals surface area (Å²) in [7, 11) is -3.22. The van der Waals surface area contributed by atoms with E-state index in [-0.39, 0.29) is 24.4 Å². The zero-order valence-corrected chi connectivity index (χ0v) is 11.5. The molecule has 1 aliphatic rings. The smallest absolute Gasteiger partial charge is 0.215 e. The Morgan fingerprint density at radius 3 is 2.65 bits per heavy atom. The average molecular weight is 264 g/mol. The molecule has 1 fully saturated rings. The van der Waals surface area contributed by atoms with Crippen LogP contribution in [-0.4, -0.2) is 55.4 Å². The van der Waals surface area contributed by atoms with E-state index >= 15 is 0 Å². The molecule has 0 aromatic heterocycles. The minimum atomic E-state index is -3.22. The quantitative estimate of drug-likeness (QED) is 0.687. The highest BCUT2D eigenvalue weighted by atomic mass is 32.2. The molecule has 0 radical (unpaired) electrons. The molecule has 0 spiro atoms. The van der Waals surface area contributed by atoms with Gasteiger partial charge in [0.2, 0.25) is 10.0 Å². The number of aliphatic hydroxyl groups is 1. The van der Waals surface area contributed by atoms with Gasteiger partial charge >= 0.3 is 0 Å². The standard InChI is InChI=1S/C11H24N2O3S/c1-10(2)13(7-4-8-14)17(15,16)9-11-5-3-6-12-11/h10-12,14H,3-9H2,1-2H3. The zero-order chi connectivity index (χ0) is 12.9. The van der Waals surface area contributed by atoms with Crippen LogP contribution in [0.25, 0.3) is 0 Å². The molecule has 1 aliphatic heterocycles. The van der Waals surface area contributed by atoms with Gasteiger partial charge in [-0.15, -0.1) is 0 Å². The molecule has 0 aromatic rings. The summed E-state index contributed by atoms with van der Waals surface area (Å²) in [5.41, 5.74) is 0. The van der Waals surface area contributed by atoms with Crippen molar-refractivity contribution in [3.8, 4) is 0 Å². The highest BCUT2D eigenvalue weighted by Crippen LogP contribution is 2.14. The Morgan fingerprint density at radius 2 is 2.18 bits per heavy atom. The summed E-state index contributed by atoms with van der Waals surface area (Å²) in [6.07, 6.45) is 2.49. The Labute approximate surface area is 104 Å². The molecule has 102 valence electrons. The van der Waals surface area contributed by atoms with E-state index in [0.717, 1.165) is 19.4 Å². The fourth-order valence-corrected chi connectivity index (χ4v) is 4.23. The van der Waals surface area contributed by atoms with Crippen LogP contribution in [0.5, 0.6) is 0 Å². The number of nitrogens with one attached hydrogen (secondary N) is 1. The van der Waals surface area contributed by atoms with Crippen molar-refractivity contribution in [3.05, 3.63) is 0 Å². The maximum absolute atomic E-state index is 12.2. The van der Waals surface area contributed by atoms with Gasteiger partial charge in [0.25, 0.3) is 0 Å². The monoisotopic (exact) mass is 264 g/mol. The molecule has 6 heteroatoms. The highest BCUT2D eigenvalue weighted by Gasteiger charge is 2.29. The molecule has 1 heterocycles. The lowest BCUT2D eigenvalue weighted by atomic mass is 10.3. The fraction of sp³-hybridized carbons (Fsp3) is 1.00. The molecule has 5 nitrogen and oxygen atoms in total. The van der Waals surface area contributed by atoms with Crippen molar-refractivity contribution in [2.45, 2.75) is 45.2 Å². The first kappa shape index (κ1) is 14.9. The number of hydrogen-bond acceptors (Lipinski definition) is 4. The second-order valence-corrected chi connectivity index (χ2v) is 6.82. The molecule has 0 amide bonds. The van der Waals surface area contributed by atoms with Gasteiger partial charge in [-0.05, 0) is 39.7 Å². The molecule has 0 saturated carbocycles. The minimum Gasteiger partial charge on any atom is -0.396 e. The third kappa shape index (κ3) is 4.54. The van der Waals surface area contributed by atoms with E-state index in [1.54, 1.807) is 0 Å². The van der Waals surface area contributed by atoms with Crippen molar-refractivity contribution in [2.24, 2.45) is 0 Å². The van der Waals surface area contributed by atoms with Crippen LogP contribution in [0.2, 0.25) is 0 Å². The van der Waals surface area contributed by atoms with Crippen LogP contribution in [0, 0.1) is 0 Å². The van der Waals surface area contributed by atoms with Gasteiger partial charge in [0.1, 0.15) is 0 Å². The molecular formula is C11H24N2O3S. The summed E-state index contributed by atoms with van der Waals surface area (Å²) in [5, 5.41) is 12.0. The number of rotatable bonds is 7. The van der Waals surface area contributed by atoms with Crippen LogP contribution in [0.4, 0.5) is 0 Å². The molecule has 1 unspecified atom stereocenters. The summed E-state index contributed by atoms with van der Waals surface area (Å²) in [6, 6.07) is 0.0447. The Balaban J connectivity index is 2.62. The molecule has 0 aliphatic carbocycles. The number of nitrogens with zero attached hydrogens (tertiary/aromatic N) is 1. The van der Waals surface area contributed by atoms with Gasteiger partial charge in [-0.25, -0.2) is 8.42 Å². The second kappa shape index (κ2) is 6.68. The lowest BCUT2D eigenvalue weighted by molar-refractivity contribution is 0.258. The van der Waals surface area contributed by atoms with Crippen LogP contribution in [-0.2, 0) is 10.0 Å². The third-order valence-corrected chi connectivity index (χ3v) is 5.19. The summed E-state index contributed by atoms with van der Waals surface area (Å²) < 4.78 is 26.0. The van der Waals surface area contributed by atoms with Gasteiger partial charge in [-0.2, -0.15) is 4.31 Å². The molecule has 17 heavy (non-hydrogen) atoms. The van der Waals surface area contributed by atoms with Crippen molar-refractivity contribution >= 4 is 10.0 Å².